The number of hydrogen-bond acceptors (Lipinski definition) is 30. The summed E-state index contributed by atoms with van der Waals surface area (Å²) in [5, 5.41) is 66.5. The number of nitrogens with two attached hydrogens (primary N) is 1. The SMILES string of the molecule is CCN[C@H]1CO[C@@H](O[C@H]2[C@H](O[C@H]3C#C/C=C\C#C[C@]4(O)CC(=O)C(CC(=O)OC)=C3/C4=C\CSSC(C)(C)CCCC(=O)[C@H](CCCNC(N)=O)NC(=O)[C@@H](CC(C)=O)C(C)C)O[C@H](C)[C@@H](NO[C@H]3C[C@H](O)[C@H](SC(=O)c4c(C)c(I)c(O[C@@H]5O[C@@H](C)[C@H](O)[C@@H](OC)[C@H]5O)c(OC)c4OC)[C@@H](C)O3)[C@@H]2O)C[C@@H]1OC. The van der Waals surface area contributed by atoms with Crippen LogP contribution in [0, 0.1) is 46.0 Å². The molecule has 4 fully saturated rings. The van der Waals surface area contributed by atoms with Gasteiger partial charge in [0, 0.05) is 79.6 Å². The molecule has 608 valence electrons. The summed E-state index contributed by atoms with van der Waals surface area (Å²) >= 11 is 2.80. The lowest BCUT2D eigenvalue weighted by Crippen LogP contribution is -2.65. The molecular weight excluding hydrogens is 1590 g/mol. The Hall–Kier alpha value is -5.01. The van der Waals surface area contributed by atoms with Gasteiger partial charge in [-0.3, -0.25) is 28.8 Å². The van der Waals surface area contributed by atoms with Crippen molar-refractivity contribution >= 4 is 96.3 Å². The molecule has 0 radical (unpaired) electrons. The Morgan fingerprint density at radius 1 is 0.872 bits per heavy atom. The number of methoxy groups -OCH3 is 5. The van der Waals surface area contributed by atoms with Crippen LogP contribution in [0.5, 0.6) is 17.2 Å². The van der Waals surface area contributed by atoms with Crippen molar-refractivity contribution in [2.45, 2.75) is 259 Å². The molecule has 0 spiro atoms. The van der Waals surface area contributed by atoms with Crippen molar-refractivity contribution in [1.29, 1.82) is 0 Å². The number of nitrogens with one attached hydrogen (secondary N) is 4. The molecular formula is C75H108IN5O25S3. The van der Waals surface area contributed by atoms with Crippen molar-refractivity contribution in [2.75, 3.05) is 61.0 Å². The summed E-state index contributed by atoms with van der Waals surface area (Å²) in [6, 6.07) is -2.96. The Morgan fingerprint density at radius 2 is 1.58 bits per heavy atom. The van der Waals surface area contributed by atoms with E-state index in [0.29, 0.717) is 34.9 Å². The van der Waals surface area contributed by atoms with Gasteiger partial charge >= 0.3 is 12.0 Å². The van der Waals surface area contributed by atoms with E-state index in [2.05, 4.69) is 45.1 Å². The number of benzene rings is 1. The van der Waals surface area contributed by atoms with Crippen molar-refractivity contribution in [1.82, 2.24) is 21.4 Å². The molecule has 34 heteroatoms. The highest BCUT2D eigenvalue weighted by Crippen LogP contribution is 2.50. The number of hydrogen-bond donors (Lipinski definition) is 10. The first-order valence-corrected chi connectivity index (χ1v) is 40.7. The molecule has 4 saturated heterocycles. The van der Waals surface area contributed by atoms with E-state index in [9.17, 15) is 59.1 Å². The number of ketones is 3. The summed E-state index contributed by atoms with van der Waals surface area (Å²) in [4.78, 5) is 99.7. The molecule has 0 saturated carbocycles. The van der Waals surface area contributed by atoms with Crippen LogP contribution in [0.2, 0.25) is 0 Å². The standard InChI is InChI=1S/C75H108IN5O25S3/c1-16-78-47-36-99-54(34-52(47)94-11)104-66-61(88)59(81-106-55-33-49(84)68(42(8)100-55)108-70(91)56-39(5)58(76)64(67(98-15)63(56)96-13)105-71-62(89)65(97-14)60(87)41(7)102-71)40(6)101-72(66)103-51-25-19-17-18-20-28-75(93)35-50(85)44(32-53(86)95-12)57(51)45(75)26-30-107-109-74(9,10)27-21-24-48(83)46(23-22-29-79-73(77)92)80-69(90)43(37(2)3)31-38(4)82/h17-18,26,37,40-43,46-47,49,51-52,54-55,59-62,65-66,68,71-72,78,81,84,87-89,93H,16,21-24,27,29-36H2,1-15H3,(H,80,90)(H3,77,79,92)/b18-17-,45-26+/t40-,41+,42-,43+,46+,47+,49+,51+,52+,54+,55+,59-,60+,61+,62-,65-,66-,68-,71+,72+,75+/m1/s1. The zero-order chi connectivity index (χ0) is 80.4. The summed E-state index contributed by atoms with van der Waals surface area (Å²) in [5.41, 5.74) is 6.58. The minimum Gasteiger partial charge on any atom is -0.492 e. The number of aliphatic hydroxyl groups is 5. The smallest absolute Gasteiger partial charge is 0.312 e. The highest BCUT2D eigenvalue weighted by molar-refractivity contribution is 14.1. The third-order valence-corrected chi connectivity index (χ3v) is 25.6. The molecule has 1 aromatic rings. The minimum atomic E-state index is -2.17. The van der Waals surface area contributed by atoms with Crippen LogP contribution in [0.15, 0.2) is 34.9 Å². The average molecular weight is 1700 g/mol. The maximum atomic E-state index is 14.6. The number of halogens is 1. The maximum absolute atomic E-state index is 14.6. The van der Waals surface area contributed by atoms with E-state index in [1.54, 1.807) is 40.9 Å². The normalized spacial score (nSPS) is 31.1. The van der Waals surface area contributed by atoms with Crippen LogP contribution >= 0.6 is 55.9 Å². The molecule has 2 bridgehead atoms. The van der Waals surface area contributed by atoms with E-state index in [0.717, 1.165) is 11.8 Å². The van der Waals surface area contributed by atoms with Gasteiger partial charge in [-0.2, -0.15) is 5.48 Å². The van der Waals surface area contributed by atoms with Crippen molar-refractivity contribution in [3.05, 3.63) is 49.6 Å². The van der Waals surface area contributed by atoms with Crippen LogP contribution in [-0.2, 0) is 71.4 Å². The third-order valence-electron chi connectivity index (χ3n) is 19.7. The van der Waals surface area contributed by atoms with Crippen molar-refractivity contribution in [2.24, 2.45) is 17.6 Å². The van der Waals surface area contributed by atoms with E-state index in [-0.39, 0.29) is 114 Å². The number of amides is 3. The van der Waals surface area contributed by atoms with Gasteiger partial charge in [0.15, 0.2) is 47.5 Å². The van der Waals surface area contributed by atoms with Gasteiger partial charge in [-0.05, 0) is 127 Å². The number of urea groups is 1. The number of likely N-dealkylation sites (N-methyl/N-ethyl adjacent to an activating group) is 1. The van der Waals surface area contributed by atoms with Crippen LogP contribution in [0.1, 0.15) is 142 Å². The third kappa shape index (κ3) is 24.0. The van der Waals surface area contributed by atoms with Gasteiger partial charge < -0.3 is 109 Å². The van der Waals surface area contributed by atoms with E-state index < -0.39 is 168 Å². The Morgan fingerprint density at radius 3 is 2.22 bits per heavy atom. The van der Waals surface area contributed by atoms with Gasteiger partial charge in [0.25, 0.3) is 0 Å². The number of thioether (sulfide) groups is 1. The Kier molecular flexibility index (Phi) is 35.5. The van der Waals surface area contributed by atoms with Crippen LogP contribution in [0.25, 0.3) is 0 Å². The van der Waals surface area contributed by atoms with Crippen LogP contribution in [0.3, 0.4) is 0 Å². The number of esters is 1. The summed E-state index contributed by atoms with van der Waals surface area (Å²) < 4.78 is 72.9. The first-order valence-electron chi connectivity index (χ1n) is 36.4. The van der Waals surface area contributed by atoms with Crippen LogP contribution < -0.4 is 41.4 Å². The molecule has 7 rings (SSSR count). The van der Waals surface area contributed by atoms with Crippen LogP contribution in [0.4, 0.5) is 4.79 Å². The monoisotopic (exact) mass is 1700 g/mol. The van der Waals surface area contributed by atoms with Gasteiger partial charge in [0.1, 0.15) is 42.4 Å². The number of aliphatic hydroxyl groups excluding tert-OH is 4. The molecule has 109 heavy (non-hydrogen) atoms. The summed E-state index contributed by atoms with van der Waals surface area (Å²) in [5.74, 6) is 8.98. The lowest BCUT2D eigenvalue weighted by atomic mass is 9.72. The van der Waals surface area contributed by atoms with Gasteiger partial charge in [-0.15, -0.1) is 0 Å². The molecule has 30 nitrogen and oxygen atoms in total. The largest absolute Gasteiger partial charge is 0.492 e. The molecule has 0 unspecified atom stereocenters. The highest BCUT2D eigenvalue weighted by atomic mass is 127. The highest BCUT2D eigenvalue weighted by Gasteiger charge is 2.52. The quantitative estimate of drug-likeness (QED) is 0.0106. The van der Waals surface area contributed by atoms with E-state index in [1.807, 2.05) is 57.2 Å². The Balaban J connectivity index is 1.11. The van der Waals surface area contributed by atoms with E-state index >= 15 is 0 Å². The van der Waals surface area contributed by atoms with E-state index in [4.69, 9.17) is 67.4 Å². The first kappa shape index (κ1) is 91.2. The molecule has 1 aromatic carbocycles. The number of ether oxygens (including phenoxy) is 12. The fourth-order valence-corrected chi connectivity index (χ4v) is 18.0. The lowest BCUT2D eigenvalue weighted by Gasteiger charge is -2.46. The number of primary amides is 1. The summed E-state index contributed by atoms with van der Waals surface area (Å²) in [6.45, 7) is 18.6. The number of fused-ring (bicyclic) bond motifs is 2. The zero-order valence-electron chi connectivity index (χ0n) is 64.3. The zero-order valence-corrected chi connectivity index (χ0v) is 68.9. The van der Waals surface area contributed by atoms with Crippen molar-refractivity contribution in [3.63, 3.8) is 0 Å². The predicted molar refractivity (Wildman–Crippen MR) is 413 cm³/mol. The van der Waals surface area contributed by atoms with Gasteiger partial charge in [0.05, 0.1) is 104 Å². The van der Waals surface area contributed by atoms with Gasteiger partial charge in [0.2, 0.25) is 23.1 Å². The van der Waals surface area contributed by atoms with Gasteiger partial charge in [-0.25, -0.2) is 4.79 Å². The van der Waals surface area contributed by atoms with Crippen molar-refractivity contribution < 1.29 is 121 Å². The molecule has 2 aliphatic carbocycles. The van der Waals surface area contributed by atoms with Crippen molar-refractivity contribution in [3.8, 4) is 40.9 Å². The van der Waals surface area contributed by atoms with Gasteiger partial charge in [-0.1, -0.05) is 83.9 Å². The average Bonchev–Trinajstić information content (AvgIpc) is 0.754. The lowest BCUT2D eigenvalue weighted by molar-refractivity contribution is -0.336. The molecule has 11 N–H and O–H groups in total. The topological polar surface area (TPSA) is 415 Å². The Bertz CT molecular complexity index is 3570. The maximum Gasteiger partial charge on any atom is 0.312 e. The second kappa shape index (κ2) is 42.4. The molecule has 4 heterocycles. The number of allylic oxidation sites excluding steroid dienone is 2. The molecule has 4 aliphatic heterocycles. The number of hydroxylamine groups is 1. The second-order valence-corrected chi connectivity index (χ2v) is 33.8. The molecule has 21 atom stereocenters. The van der Waals surface area contributed by atoms with Crippen LogP contribution in [-0.4, -0.2) is 253 Å². The van der Waals surface area contributed by atoms with E-state index in [1.165, 1.54) is 69.1 Å². The number of rotatable bonds is 37. The fraction of sp³-hybridized carbons (Fsp3) is 0.693. The number of Topliss-reactive ketones (excluding diaryl/α,β-unsaturated/α-hetero) is 3. The summed E-state index contributed by atoms with van der Waals surface area (Å²) in [6.07, 6.45) is -12.5. The minimum absolute atomic E-state index is 0.00458. The Labute approximate surface area is 663 Å². The summed E-state index contributed by atoms with van der Waals surface area (Å²) in [7, 11) is 9.69. The predicted octanol–water partition coefficient (Wildman–Crippen LogP) is 4.87. The molecule has 3 amide bonds. The number of carbonyl (C=O) groups excluding carboxylic acids is 7. The fourth-order valence-electron chi connectivity index (χ4n) is 13.8. The first-order chi connectivity index (χ1) is 51.7. The molecule has 6 aliphatic rings. The second-order valence-electron chi connectivity index (χ2n) is 28.5. The number of carbonyl (C=O) groups is 7. The molecule has 0 aromatic heterocycles.